The molecule has 0 amide bonds. The molecule has 7 nitrogen and oxygen atoms in total. The van der Waals surface area contributed by atoms with Gasteiger partial charge in [-0.3, -0.25) is 4.79 Å². The summed E-state index contributed by atoms with van der Waals surface area (Å²) in [5.74, 6) is -1.36. The third kappa shape index (κ3) is 2.95. The van der Waals surface area contributed by atoms with Gasteiger partial charge in [-0.15, -0.1) is 0 Å². The number of benzene rings is 1. The lowest BCUT2D eigenvalue weighted by atomic mass is 10.0. The van der Waals surface area contributed by atoms with Gasteiger partial charge in [0.25, 0.3) is 0 Å². The minimum absolute atomic E-state index is 0.0625. The molecule has 0 spiro atoms. The zero-order chi connectivity index (χ0) is 19.0. The first kappa shape index (κ1) is 17.2. The molecule has 2 heterocycles. The molecule has 0 unspecified atom stereocenters. The Balaban J connectivity index is 1.88. The zero-order valence-electron chi connectivity index (χ0n) is 14.9. The molecule has 0 radical (unpaired) electrons. The largest absolute Gasteiger partial charge is 0.507 e. The fourth-order valence-corrected chi connectivity index (χ4v) is 3.64. The van der Waals surface area contributed by atoms with Gasteiger partial charge in [0.15, 0.2) is 17.1 Å². The van der Waals surface area contributed by atoms with E-state index in [0.29, 0.717) is 17.2 Å². The zero-order valence-corrected chi connectivity index (χ0v) is 14.9. The third-order valence-corrected chi connectivity index (χ3v) is 5.04. The molecule has 3 aromatic rings. The summed E-state index contributed by atoms with van der Waals surface area (Å²) in [6.07, 6.45) is 6.09. The van der Waals surface area contributed by atoms with Crippen LogP contribution in [0.2, 0.25) is 0 Å². The average molecular weight is 365 g/mol. The van der Waals surface area contributed by atoms with Crippen molar-refractivity contribution in [3.8, 4) is 5.75 Å². The predicted molar refractivity (Wildman–Crippen MR) is 97.9 cm³/mol. The first-order valence-corrected chi connectivity index (χ1v) is 8.88. The molecule has 1 aromatic carbocycles. The molecule has 0 bridgehead atoms. The first-order chi connectivity index (χ1) is 13.1. The Hall–Kier alpha value is -3.22. The highest BCUT2D eigenvalue weighted by atomic mass is 16.5. The number of pyridine rings is 1. The first-order valence-electron chi connectivity index (χ1n) is 8.88. The van der Waals surface area contributed by atoms with Crippen molar-refractivity contribution in [1.29, 1.82) is 0 Å². The van der Waals surface area contributed by atoms with Crippen LogP contribution in [0, 0.1) is 0 Å². The van der Waals surface area contributed by atoms with Gasteiger partial charge in [-0.25, -0.2) is 14.8 Å². The van der Waals surface area contributed by atoms with Gasteiger partial charge in [0.05, 0.1) is 24.6 Å². The van der Waals surface area contributed by atoms with E-state index >= 15 is 0 Å². The van der Waals surface area contributed by atoms with Crippen LogP contribution < -0.4 is 0 Å². The Bertz CT molecular complexity index is 1030. The van der Waals surface area contributed by atoms with Gasteiger partial charge in [0, 0.05) is 6.04 Å². The Morgan fingerprint density at radius 1 is 1.19 bits per heavy atom. The number of ketones is 1. The summed E-state index contributed by atoms with van der Waals surface area (Å²) in [6.45, 7) is 0. The van der Waals surface area contributed by atoms with Crippen molar-refractivity contribution in [1.82, 2.24) is 14.5 Å². The standard InChI is InChI=1S/C20H19N3O4/c1-27-20(26)17-14(18(25)13-8-4-5-9-16(13)24)10-15-19(22-17)23(11-21-15)12-6-2-3-7-12/h4-5,8-12,24H,2-3,6-7H2,1H3. The molecule has 4 rings (SSSR count). The fraction of sp³-hybridized carbons (Fsp3) is 0.300. The topological polar surface area (TPSA) is 94.3 Å². The van der Waals surface area contributed by atoms with Crippen LogP contribution in [0.4, 0.5) is 0 Å². The van der Waals surface area contributed by atoms with Crippen molar-refractivity contribution in [3.05, 3.63) is 53.5 Å². The van der Waals surface area contributed by atoms with E-state index in [-0.39, 0.29) is 22.6 Å². The Morgan fingerprint density at radius 2 is 1.93 bits per heavy atom. The smallest absolute Gasteiger partial charge is 0.357 e. The molecular formula is C20H19N3O4. The number of phenolic OH excluding ortho intramolecular Hbond substituents is 1. The number of carbonyl (C=O) groups excluding carboxylic acids is 2. The molecule has 1 fully saturated rings. The van der Waals surface area contributed by atoms with Crippen LogP contribution in [0.25, 0.3) is 11.2 Å². The second-order valence-electron chi connectivity index (χ2n) is 6.66. The molecule has 138 valence electrons. The summed E-state index contributed by atoms with van der Waals surface area (Å²) in [7, 11) is 1.25. The summed E-state index contributed by atoms with van der Waals surface area (Å²) in [6, 6.07) is 8.04. The number of fused-ring (bicyclic) bond motifs is 1. The van der Waals surface area contributed by atoms with E-state index in [1.807, 2.05) is 4.57 Å². The van der Waals surface area contributed by atoms with E-state index < -0.39 is 11.8 Å². The lowest BCUT2D eigenvalue weighted by molar-refractivity contribution is 0.0591. The number of phenols is 1. The summed E-state index contributed by atoms with van der Waals surface area (Å²) >= 11 is 0. The van der Waals surface area contributed by atoms with Crippen LogP contribution in [0.3, 0.4) is 0 Å². The number of hydrogen-bond acceptors (Lipinski definition) is 6. The molecule has 1 aliphatic rings. The maximum atomic E-state index is 13.0. The van der Waals surface area contributed by atoms with Crippen molar-refractivity contribution >= 4 is 22.9 Å². The van der Waals surface area contributed by atoms with Gasteiger partial charge in [-0.05, 0) is 31.0 Å². The maximum Gasteiger partial charge on any atom is 0.357 e. The van der Waals surface area contributed by atoms with Crippen molar-refractivity contribution in [2.45, 2.75) is 31.7 Å². The van der Waals surface area contributed by atoms with Crippen molar-refractivity contribution in [2.24, 2.45) is 0 Å². The second-order valence-corrected chi connectivity index (χ2v) is 6.66. The molecule has 1 N–H and O–H groups in total. The third-order valence-electron chi connectivity index (χ3n) is 5.04. The quantitative estimate of drug-likeness (QED) is 0.563. The molecular weight excluding hydrogens is 346 g/mol. The van der Waals surface area contributed by atoms with Crippen LogP contribution in [-0.4, -0.2) is 38.5 Å². The van der Waals surface area contributed by atoms with Crippen molar-refractivity contribution in [3.63, 3.8) is 0 Å². The molecule has 0 aliphatic heterocycles. The predicted octanol–water partition coefficient (Wildman–Crippen LogP) is 3.27. The minimum Gasteiger partial charge on any atom is -0.507 e. The lowest BCUT2D eigenvalue weighted by Gasteiger charge is -2.13. The highest BCUT2D eigenvalue weighted by Gasteiger charge is 2.26. The van der Waals surface area contributed by atoms with Gasteiger partial charge in [-0.1, -0.05) is 25.0 Å². The van der Waals surface area contributed by atoms with Gasteiger partial charge >= 0.3 is 5.97 Å². The minimum atomic E-state index is -0.699. The molecule has 1 saturated carbocycles. The van der Waals surface area contributed by atoms with Crippen molar-refractivity contribution in [2.75, 3.05) is 7.11 Å². The van der Waals surface area contributed by atoms with Crippen LogP contribution in [0.5, 0.6) is 5.75 Å². The van der Waals surface area contributed by atoms with Crippen LogP contribution in [-0.2, 0) is 4.74 Å². The van der Waals surface area contributed by atoms with E-state index in [0.717, 1.165) is 25.7 Å². The number of carbonyl (C=O) groups is 2. The molecule has 7 heteroatoms. The fourth-order valence-electron chi connectivity index (χ4n) is 3.64. The van der Waals surface area contributed by atoms with Gasteiger partial charge in [0.1, 0.15) is 11.3 Å². The second kappa shape index (κ2) is 6.83. The number of esters is 1. The number of para-hydroxylation sites is 1. The summed E-state index contributed by atoms with van der Waals surface area (Å²) in [5.41, 5.74) is 1.19. The van der Waals surface area contributed by atoms with Crippen LogP contribution in [0.1, 0.15) is 58.1 Å². The summed E-state index contributed by atoms with van der Waals surface area (Å²) < 4.78 is 6.81. The van der Waals surface area contributed by atoms with E-state index in [9.17, 15) is 14.7 Å². The molecule has 1 aliphatic carbocycles. The summed E-state index contributed by atoms with van der Waals surface area (Å²) in [5, 5.41) is 10.0. The van der Waals surface area contributed by atoms with E-state index in [1.54, 1.807) is 24.5 Å². The number of hydrogen-bond donors (Lipinski definition) is 1. The normalized spacial score (nSPS) is 14.6. The number of nitrogens with zero attached hydrogens (tertiary/aromatic N) is 3. The number of imidazole rings is 1. The summed E-state index contributed by atoms with van der Waals surface area (Å²) in [4.78, 5) is 34.1. The van der Waals surface area contributed by atoms with E-state index in [4.69, 9.17) is 4.74 Å². The number of aromatic hydroxyl groups is 1. The lowest BCUT2D eigenvalue weighted by Crippen LogP contribution is -2.15. The van der Waals surface area contributed by atoms with E-state index in [2.05, 4.69) is 9.97 Å². The van der Waals surface area contributed by atoms with E-state index in [1.165, 1.54) is 19.2 Å². The molecule has 0 saturated heterocycles. The number of rotatable bonds is 4. The molecule has 27 heavy (non-hydrogen) atoms. The van der Waals surface area contributed by atoms with Gasteiger partial charge in [0.2, 0.25) is 0 Å². The Kier molecular flexibility index (Phi) is 4.35. The number of methoxy groups -OCH3 is 1. The maximum absolute atomic E-state index is 13.0. The van der Waals surface area contributed by atoms with Crippen LogP contribution >= 0.6 is 0 Å². The SMILES string of the molecule is COC(=O)c1nc2c(cc1C(=O)c1ccccc1O)ncn2C1CCCC1. The number of ether oxygens (including phenoxy) is 1. The highest BCUT2D eigenvalue weighted by Crippen LogP contribution is 2.32. The monoisotopic (exact) mass is 365 g/mol. The van der Waals surface area contributed by atoms with Crippen LogP contribution in [0.15, 0.2) is 36.7 Å². The number of aromatic nitrogens is 3. The Labute approximate surface area is 155 Å². The molecule has 0 atom stereocenters. The highest BCUT2D eigenvalue weighted by molar-refractivity contribution is 6.16. The van der Waals surface area contributed by atoms with Crippen molar-refractivity contribution < 1.29 is 19.4 Å². The average Bonchev–Trinajstić information content (AvgIpc) is 3.35. The van der Waals surface area contributed by atoms with Gasteiger partial charge in [-0.2, -0.15) is 0 Å². The Morgan fingerprint density at radius 3 is 2.63 bits per heavy atom. The van der Waals surface area contributed by atoms with Gasteiger partial charge < -0.3 is 14.4 Å². The molecule has 2 aromatic heterocycles.